The molecule has 0 fully saturated rings. The summed E-state index contributed by atoms with van der Waals surface area (Å²) in [5.41, 5.74) is 0.956. The number of carbonyl (C=O) groups is 1. The highest BCUT2D eigenvalue weighted by Gasteiger charge is 2.11. The molecule has 1 amide bonds. The number of halogens is 1. The van der Waals surface area contributed by atoms with Crippen LogP contribution in [0.2, 0.25) is 0 Å². The molecular weight excluding hydrogens is 347 g/mol. The molecule has 0 unspecified atom stereocenters. The lowest BCUT2D eigenvalue weighted by molar-refractivity contribution is -0.112. The number of nitriles is 1. The van der Waals surface area contributed by atoms with Crippen molar-refractivity contribution in [1.29, 1.82) is 5.26 Å². The summed E-state index contributed by atoms with van der Waals surface area (Å²) in [5, 5.41) is 11.9. The molecule has 0 bridgehead atoms. The number of ether oxygens (including phenoxy) is 2. The van der Waals surface area contributed by atoms with Crippen molar-refractivity contribution in [3.63, 3.8) is 0 Å². The van der Waals surface area contributed by atoms with Crippen molar-refractivity contribution >= 4 is 17.7 Å². The summed E-state index contributed by atoms with van der Waals surface area (Å²) in [6.07, 6.45) is 3.38. The van der Waals surface area contributed by atoms with Gasteiger partial charge < -0.3 is 14.8 Å². The minimum atomic E-state index is -0.576. The van der Waals surface area contributed by atoms with Crippen molar-refractivity contribution in [2.24, 2.45) is 0 Å². The molecule has 0 aromatic heterocycles. The van der Waals surface area contributed by atoms with Crippen LogP contribution in [0.1, 0.15) is 25.3 Å². The fourth-order valence-electron chi connectivity index (χ4n) is 2.27. The lowest BCUT2D eigenvalue weighted by Gasteiger charge is -2.11. The van der Waals surface area contributed by atoms with Crippen molar-refractivity contribution < 1.29 is 18.7 Å². The fourth-order valence-corrected chi connectivity index (χ4v) is 2.27. The van der Waals surface area contributed by atoms with Gasteiger partial charge >= 0.3 is 0 Å². The summed E-state index contributed by atoms with van der Waals surface area (Å²) in [6.45, 7) is 2.62. The first-order valence-electron chi connectivity index (χ1n) is 8.57. The smallest absolute Gasteiger partial charge is 0.266 e. The minimum Gasteiger partial charge on any atom is -0.493 e. The first-order chi connectivity index (χ1) is 13.1. The van der Waals surface area contributed by atoms with Gasteiger partial charge in [-0.25, -0.2) is 4.39 Å². The Labute approximate surface area is 158 Å². The van der Waals surface area contributed by atoms with Gasteiger partial charge in [0.15, 0.2) is 11.5 Å². The zero-order valence-electron chi connectivity index (χ0n) is 15.3. The zero-order valence-corrected chi connectivity index (χ0v) is 15.3. The van der Waals surface area contributed by atoms with Gasteiger partial charge in [0, 0.05) is 5.69 Å². The van der Waals surface area contributed by atoms with Gasteiger partial charge in [-0.1, -0.05) is 19.4 Å². The molecular formula is C21H21FN2O3. The largest absolute Gasteiger partial charge is 0.493 e. The van der Waals surface area contributed by atoms with Gasteiger partial charge in [0.25, 0.3) is 5.91 Å². The summed E-state index contributed by atoms with van der Waals surface area (Å²) in [5.74, 6) is 0.153. The van der Waals surface area contributed by atoms with Crippen molar-refractivity contribution in [2.45, 2.75) is 19.8 Å². The number of methoxy groups -OCH3 is 1. The van der Waals surface area contributed by atoms with E-state index >= 15 is 0 Å². The van der Waals surface area contributed by atoms with Crippen LogP contribution in [0.5, 0.6) is 11.5 Å². The van der Waals surface area contributed by atoms with Crippen molar-refractivity contribution in [2.75, 3.05) is 19.0 Å². The van der Waals surface area contributed by atoms with Crippen LogP contribution < -0.4 is 14.8 Å². The molecule has 0 radical (unpaired) electrons. The lowest BCUT2D eigenvalue weighted by Crippen LogP contribution is -2.13. The normalized spacial score (nSPS) is 10.8. The third-order valence-electron chi connectivity index (χ3n) is 3.72. The van der Waals surface area contributed by atoms with Crippen LogP contribution in [0.3, 0.4) is 0 Å². The summed E-state index contributed by atoms with van der Waals surface area (Å²) >= 11 is 0. The van der Waals surface area contributed by atoms with E-state index in [-0.39, 0.29) is 5.57 Å². The van der Waals surface area contributed by atoms with Crippen LogP contribution in [-0.4, -0.2) is 19.6 Å². The molecule has 0 aliphatic rings. The first kappa shape index (κ1) is 20.0. The topological polar surface area (TPSA) is 71.3 Å². The molecule has 2 aromatic carbocycles. The van der Waals surface area contributed by atoms with E-state index in [0.29, 0.717) is 29.4 Å². The highest BCUT2D eigenvalue weighted by atomic mass is 19.1. The number of benzene rings is 2. The van der Waals surface area contributed by atoms with Gasteiger partial charge in [-0.05, 0) is 54.5 Å². The van der Waals surface area contributed by atoms with E-state index in [1.165, 1.54) is 30.3 Å². The number of nitrogens with one attached hydrogen (secondary N) is 1. The molecule has 0 aliphatic carbocycles. The molecule has 2 rings (SSSR count). The molecule has 6 heteroatoms. The second kappa shape index (κ2) is 9.97. The van der Waals surface area contributed by atoms with Crippen LogP contribution >= 0.6 is 0 Å². The Kier molecular flexibility index (Phi) is 7.38. The van der Waals surface area contributed by atoms with Crippen LogP contribution in [-0.2, 0) is 4.79 Å². The Hall–Kier alpha value is -3.33. The number of amides is 1. The van der Waals surface area contributed by atoms with Crippen LogP contribution in [0.25, 0.3) is 6.08 Å². The monoisotopic (exact) mass is 368 g/mol. The Morgan fingerprint density at radius 2 is 1.96 bits per heavy atom. The Balaban J connectivity index is 2.20. The molecule has 0 atom stereocenters. The van der Waals surface area contributed by atoms with Crippen LogP contribution in [0, 0.1) is 17.1 Å². The third-order valence-corrected chi connectivity index (χ3v) is 3.72. The number of hydrogen-bond donors (Lipinski definition) is 1. The molecule has 0 heterocycles. The zero-order chi connectivity index (χ0) is 19.6. The van der Waals surface area contributed by atoms with Gasteiger partial charge in [0.05, 0.1) is 13.7 Å². The van der Waals surface area contributed by atoms with Crippen molar-refractivity contribution in [1.82, 2.24) is 0 Å². The lowest BCUT2D eigenvalue weighted by atomic mass is 10.1. The van der Waals surface area contributed by atoms with E-state index in [1.54, 1.807) is 25.3 Å². The third kappa shape index (κ3) is 5.86. The van der Waals surface area contributed by atoms with Gasteiger partial charge in [0.2, 0.25) is 0 Å². The number of rotatable bonds is 8. The Bertz CT molecular complexity index is 855. The molecule has 1 N–H and O–H groups in total. The van der Waals surface area contributed by atoms with Gasteiger partial charge in [-0.2, -0.15) is 5.26 Å². The second-order valence-electron chi connectivity index (χ2n) is 5.74. The minimum absolute atomic E-state index is 0.0796. The summed E-state index contributed by atoms with van der Waals surface area (Å²) in [6, 6.07) is 12.4. The number of nitrogens with zero attached hydrogens (tertiary/aromatic N) is 1. The molecule has 0 saturated carbocycles. The highest BCUT2D eigenvalue weighted by Crippen LogP contribution is 2.29. The molecule has 140 valence electrons. The standard InChI is InChI=1S/C21H21FN2O3/c1-3-4-11-27-20-13-15(5-10-19(20)26-2)12-16(14-23)21(25)24-18-8-6-17(22)7-9-18/h5-10,12-13H,3-4,11H2,1-2H3,(H,24,25)/b16-12+. The number of anilines is 1. The predicted molar refractivity (Wildman–Crippen MR) is 102 cm³/mol. The van der Waals surface area contributed by atoms with E-state index in [2.05, 4.69) is 12.2 Å². The maximum absolute atomic E-state index is 12.9. The van der Waals surface area contributed by atoms with Gasteiger partial charge in [-0.3, -0.25) is 4.79 Å². The van der Waals surface area contributed by atoms with E-state index < -0.39 is 11.7 Å². The molecule has 5 nitrogen and oxygen atoms in total. The van der Waals surface area contributed by atoms with E-state index in [1.807, 2.05) is 6.07 Å². The molecule has 0 saturated heterocycles. The molecule has 0 spiro atoms. The van der Waals surface area contributed by atoms with Crippen LogP contribution in [0.4, 0.5) is 10.1 Å². The number of hydrogen-bond acceptors (Lipinski definition) is 4. The quantitative estimate of drug-likeness (QED) is 0.421. The molecule has 2 aromatic rings. The van der Waals surface area contributed by atoms with Crippen molar-refractivity contribution in [3.8, 4) is 17.6 Å². The summed E-state index contributed by atoms with van der Waals surface area (Å²) in [4.78, 5) is 12.3. The average molecular weight is 368 g/mol. The second-order valence-corrected chi connectivity index (χ2v) is 5.74. The fraction of sp³-hybridized carbons (Fsp3) is 0.238. The van der Waals surface area contributed by atoms with E-state index in [9.17, 15) is 14.4 Å². The molecule has 27 heavy (non-hydrogen) atoms. The SMILES string of the molecule is CCCCOc1cc(/C=C(\C#N)C(=O)Nc2ccc(F)cc2)ccc1OC. The molecule has 0 aliphatic heterocycles. The first-order valence-corrected chi connectivity index (χ1v) is 8.57. The Morgan fingerprint density at radius 1 is 1.22 bits per heavy atom. The van der Waals surface area contributed by atoms with E-state index in [0.717, 1.165) is 12.8 Å². The average Bonchev–Trinajstić information content (AvgIpc) is 2.68. The number of unbranched alkanes of at least 4 members (excludes halogenated alkanes) is 1. The van der Waals surface area contributed by atoms with Crippen molar-refractivity contribution in [3.05, 3.63) is 59.4 Å². The predicted octanol–water partition coefficient (Wildman–Crippen LogP) is 4.56. The maximum atomic E-state index is 12.9. The maximum Gasteiger partial charge on any atom is 0.266 e. The van der Waals surface area contributed by atoms with Crippen LogP contribution in [0.15, 0.2) is 48.0 Å². The van der Waals surface area contributed by atoms with E-state index in [4.69, 9.17) is 9.47 Å². The Morgan fingerprint density at radius 3 is 2.59 bits per heavy atom. The summed E-state index contributed by atoms with van der Waals surface area (Å²) in [7, 11) is 1.55. The van der Waals surface area contributed by atoms with Gasteiger partial charge in [0.1, 0.15) is 17.5 Å². The van der Waals surface area contributed by atoms with Gasteiger partial charge in [-0.15, -0.1) is 0 Å². The highest BCUT2D eigenvalue weighted by molar-refractivity contribution is 6.09. The number of carbonyl (C=O) groups excluding carboxylic acids is 1. The summed E-state index contributed by atoms with van der Waals surface area (Å²) < 4.78 is 23.9.